The molecular formula is C19H20BrN5O4. The summed E-state index contributed by atoms with van der Waals surface area (Å²) in [6.45, 7) is 0.381. The van der Waals surface area contributed by atoms with Gasteiger partial charge in [-0.3, -0.25) is 14.5 Å². The molecule has 2 N–H and O–H groups in total. The number of H-pyrrole nitrogens is 1. The van der Waals surface area contributed by atoms with Crippen LogP contribution in [0, 0.1) is 0 Å². The average Bonchev–Trinajstić information content (AvgIpc) is 2.68. The number of hydrogen-bond donors (Lipinski definition) is 2. The lowest BCUT2D eigenvalue weighted by Gasteiger charge is -2.16. The first-order chi connectivity index (χ1) is 13.9. The van der Waals surface area contributed by atoms with Crippen molar-refractivity contribution in [2.75, 3.05) is 33.1 Å². The van der Waals surface area contributed by atoms with Gasteiger partial charge in [0.15, 0.2) is 11.5 Å². The molecule has 9 nitrogen and oxygen atoms in total. The summed E-state index contributed by atoms with van der Waals surface area (Å²) in [6.07, 6.45) is 1.60. The number of anilines is 1. The van der Waals surface area contributed by atoms with Gasteiger partial charge < -0.3 is 19.8 Å². The van der Waals surface area contributed by atoms with E-state index in [1.54, 1.807) is 42.4 Å². The zero-order chi connectivity index (χ0) is 21.0. The molecule has 152 valence electrons. The number of carbonyl (C=O) groups is 1. The highest BCUT2D eigenvalue weighted by Crippen LogP contribution is 2.29. The lowest BCUT2D eigenvalue weighted by molar-refractivity contribution is -0.117. The van der Waals surface area contributed by atoms with Crippen LogP contribution in [0.15, 0.2) is 39.7 Å². The number of hydrogen-bond acceptors (Lipinski definition) is 7. The molecule has 29 heavy (non-hydrogen) atoms. The molecule has 0 saturated heterocycles. The third-order valence-corrected chi connectivity index (χ3v) is 4.56. The molecular weight excluding hydrogens is 442 g/mol. The van der Waals surface area contributed by atoms with Gasteiger partial charge in [-0.05, 0) is 41.2 Å². The van der Waals surface area contributed by atoms with E-state index in [0.29, 0.717) is 34.0 Å². The summed E-state index contributed by atoms with van der Waals surface area (Å²) in [4.78, 5) is 37.7. The fraction of sp³-hybridized carbons (Fsp3) is 0.263. The third-order valence-electron chi connectivity index (χ3n) is 4.09. The first-order valence-corrected chi connectivity index (χ1v) is 9.43. The van der Waals surface area contributed by atoms with Crippen LogP contribution in [0.3, 0.4) is 0 Å². The SMILES string of the molecule is COc1cc2nc(CN(C)CC(=O)Nc3ccc(Br)cn3)[nH]c(=O)c2cc1OC. The first-order valence-electron chi connectivity index (χ1n) is 8.64. The number of nitrogens with one attached hydrogen (secondary N) is 2. The lowest BCUT2D eigenvalue weighted by atomic mass is 10.2. The van der Waals surface area contributed by atoms with E-state index in [2.05, 4.69) is 36.2 Å². The maximum Gasteiger partial charge on any atom is 0.258 e. The predicted molar refractivity (Wildman–Crippen MR) is 112 cm³/mol. The van der Waals surface area contributed by atoms with Crippen molar-refractivity contribution in [3.05, 3.63) is 51.1 Å². The number of pyridine rings is 1. The van der Waals surface area contributed by atoms with Crippen LogP contribution in [0.25, 0.3) is 10.9 Å². The Morgan fingerprint density at radius 1 is 1.24 bits per heavy atom. The van der Waals surface area contributed by atoms with Crippen molar-refractivity contribution >= 4 is 38.6 Å². The Labute approximate surface area is 175 Å². The number of carbonyl (C=O) groups excluding carboxylic acids is 1. The number of ether oxygens (including phenoxy) is 2. The zero-order valence-corrected chi connectivity index (χ0v) is 17.7. The minimum Gasteiger partial charge on any atom is -0.493 e. The summed E-state index contributed by atoms with van der Waals surface area (Å²) < 4.78 is 11.3. The van der Waals surface area contributed by atoms with Crippen LogP contribution >= 0.6 is 15.9 Å². The van der Waals surface area contributed by atoms with Gasteiger partial charge >= 0.3 is 0 Å². The molecule has 2 aromatic heterocycles. The Morgan fingerprint density at radius 2 is 1.97 bits per heavy atom. The molecule has 0 radical (unpaired) electrons. The number of methoxy groups -OCH3 is 2. The number of rotatable bonds is 7. The van der Waals surface area contributed by atoms with E-state index in [-0.39, 0.29) is 24.6 Å². The molecule has 0 spiro atoms. The van der Waals surface area contributed by atoms with Crippen LogP contribution in [-0.4, -0.2) is 53.6 Å². The van der Waals surface area contributed by atoms with E-state index in [1.807, 2.05) is 0 Å². The predicted octanol–water partition coefficient (Wildman–Crippen LogP) is 2.17. The fourth-order valence-electron chi connectivity index (χ4n) is 2.78. The molecule has 0 aliphatic heterocycles. The van der Waals surface area contributed by atoms with Crippen molar-refractivity contribution in [2.24, 2.45) is 0 Å². The quantitative estimate of drug-likeness (QED) is 0.554. The number of benzene rings is 1. The largest absolute Gasteiger partial charge is 0.493 e. The van der Waals surface area contributed by atoms with Gasteiger partial charge in [-0.15, -0.1) is 0 Å². The summed E-state index contributed by atoms with van der Waals surface area (Å²) in [5.41, 5.74) is 0.196. The molecule has 0 saturated carbocycles. The molecule has 0 bridgehead atoms. The Balaban J connectivity index is 1.72. The summed E-state index contributed by atoms with van der Waals surface area (Å²) >= 11 is 3.29. The molecule has 0 aliphatic rings. The second-order valence-electron chi connectivity index (χ2n) is 6.32. The molecule has 10 heteroatoms. The monoisotopic (exact) mass is 461 g/mol. The van der Waals surface area contributed by atoms with Gasteiger partial charge in [-0.1, -0.05) is 0 Å². The van der Waals surface area contributed by atoms with E-state index < -0.39 is 0 Å². The molecule has 0 aliphatic carbocycles. The van der Waals surface area contributed by atoms with E-state index in [0.717, 1.165) is 4.47 Å². The van der Waals surface area contributed by atoms with Crippen LogP contribution in [0.5, 0.6) is 11.5 Å². The summed E-state index contributed by atoms with van der Waals surface area (Å²) in [5, 5.41) is 3.12. The molecule has 0 fully saturated rings. The van der Waals surface area contributed by atoms with Crippen molar-refractivity contribution in [2.45, 2.75) is 6.54 Å². The number of fused-ring (bicyclic) bond motifs is 1. The van der Waals surface area contributed by atoms with Crippen LogP contribution in [0.1, 0.15) is 5.82 Å². The average molecular weight is 462 g/mol. The van der Waals surface area contributed by atoms with E-state index in [9.17, 15) is 9.59 Å². The molecule has 3 rings (SSSR count). The van der Waals surface area contributed by atoms with Crippen LogP contribution in [0.4, 0.5) is 5.82 Å². The van der Waals surface area contributed by atoms with Crippen molar-refractivity contribution in [1.82, 2.24) is 19.9 Å². The second kappa shape index (κ2) is 9.01. The van der Waals surface area contributed by atoms with Gasteiger partial charge in [0, 0.05) is 16.7 Å². The Kier molecular flexibility index (Phi) is 6.45. The first kappa shape index (κ1) is 20.7. The highest BCUT2D eigenvalue weighted by molar-refractivity contribution is 9.10. The minimum atomic E-state index is -0.289. The van der Waals surface area contributed by atoms with Crippen molar-refractivity contribution in [3.8, 4) is 11.5 Å². The molecule has 0 unspecified atom stereocenters. The zero-order valence-electron chi connectivity index (χ0n) is 16.2. The number of halogens is 1. The minimum absolute atomic E-state index is 0.103. The smallest absolute Gasteiger partial charge is 0.258 e. The molecule has 3 aromatic rings. The number of aromatic amines is 1. The lowest BCUT2D eigenvalue weighted by Crippen LogP contribution is -2.31. The normalized spacial score (nSPS) is 10.9. The number of aromatic nitrogens is 3. The maximum atomic E-state index is 12.4. The van der Waals surface area contributed by atoms with Gasteiger partial charge in [0.1, 0.15) is 11.6 Å². The Morgan fingerprint density at radius 3 is 2.62 bits per heavy atom. The van der Waals surface area contributed by atoms with Crippen LogP contribution < -0.4 is 20.3 Å². The van der Waals surface area contributed by atoms with E-state index >= 15 is 0 Å². The fourth-order valence-corrected chi connectivity index (χ4v) is 3.01. The summed E-state index contributed by atoms with van der Waals surface area (Å²) in [7, 11) is 4.78. The van der Waals surface area contributed by atoms with Crippen LogP contribution in [0.2, 0.25) is 0 Å². The highest BCUT2D eigenvalue weighted by atomic mass is 79.9. The van der Waals surface area contributed by atoms with Crippen molar-refractivity contribution in [3.63, 3.8) is 0 Å². The molecule has 1 aromatic carbocycles. The summed E-state index contributed by atoms with van der Waals surface area (Å²) in [6, 6.07) is 6.73. The summed E-state index contributed by atoms with van der Waals surface area (Å²) in [5.74, 6) is 1.61. The maximum absolute atomic E-state index is 12.4. The van der Waals surface area contributed by atoms with Gasteiger partial charge in [-0.25, -0.2) is 9.97 Å². The molecule has 2 heterocycles. The van der Waals surface area contributed by atoms with Crippen molar-refractivity contribution < 1.29 is 14.3 Å². The Hall–Kier alpha value is -2.98. The topological polar surface area (TPSA) is 109 Å². The Bertz CT molecular complexity index is 1080. The number of likely N-dealkylation sites (N-methyl/N-ethyl adjacent to an activating group) is 1. The van der Waals surface area contributed by atoms with E-state index in [4.69, 9.17) is 9.47 Å². The van der Waals surface area contributed by atoms with Crippen LogP contribution in [-0.2, 0) is 11.3 Å². The third kappa shape index (κ3) is 5.09. The second-order valence-corrected chi connectivity index (χ2v) is 7.23. The van der Waals surface area contributed by atoms with Gasteiger partial charge in [0.2, 0.25) is 5.91 Å². The van der Waals surface area contributed by atoms with Gasteiger partial charge in [-0.2, -0.15) is 0 Å². The highest BCUT2D eigenvalue weighted by Gasteiger charge is 2.13. The van der Waals surface area contributed by atoms with Gasteiger partial charge in [0.25, 0.3) is 5.56 Å². The number of nitrogens with zero attached hydrogens (tertiary/aromatic N) is 3. The van der Waals surface area contributed by atoms with Crippen molar-refractivity contribution in [1.29, 1.82) is 0 Å². The standard InChI is InChI=1S/C19H20BrN5O4/c1-25(10-18(26)23-16-5-4-11(20)8-21-16)9-17-22-13-7-15(29-3)14(28-2)6-12(13)19(27)24-17/h4-8H,9-10H2,1-3H3,(H,21,23,26)(H,22,24,27). The van der Waals surface area contributed by atoms with E-state index in [1.165, 1.54) is 14.2 Å². The number of amides is 1. The molecule has 0 atom stereocenters. The molecule has 1 amide bonds. The van der Waals surface area contributed by atoms with Gasteiger partial charge in [0.05, 0.1) is 38.2 Å².